The zero-order chi connectivity index (χ0) is 15.0. The van der Waals surface area contributed by atoms with Crippen LogP contribution in [0.2, 0.25) is 0 Å². The Morgan fingerprint density at radius 2 is 2.14 bits per heavy atom. The number of carbonyl (C=O) groups excluding carboxylic acids is 1. The van der Waals surface area contributed by atoms with E-state index in [0.29, 0.717) is 18.3 Å². The van der Waals surface area contributed by atoms with Gasteiger partial charge in [-0.2, -0.15) is 0 Å². The van der Waals surface area contributed by atoms with Gasteiger partial charge in [-0.05, 0) is 40.3 Å². The molecule has 1 aromatic rings. The van der Waals surface area contributed by atoms with E-state index in [2.05, 4.69) is 21.9 Å². The first-order valence-corrected chi connectivity index (χ1v) is 7.45. The second kappa shape index (κ2) is 5.26. The number of piperidine rings is 1. The molecule has 1 aromatic heterocycles. The van der Waals surface area contributed by atoms with E-state index in [1.54, 1.807) is 17.3 Å². The minimum Gasteiger partial charge on any atom is -0.447 e. The Morgan fingerprint density at radius 1 is 1.33 bits per heavy atom. The van der Waals surface area contributed by atoms with Crippen molar-refractivity contribution in [3.63, 3.8) is 0 Å². The predicted molar refractivity (Wildman–Crippen MR) is 79.4 cm³/mol. The van der Waals surface area contributed by atoms with Crippen molar-refractivity contribution >= 4 is 11.9 Å². The molecule has 2 saturated heterocycles. The first kappa shape index (κ1) is 14.3. The van der Waals surface area contributed by atoms with Gasteiger partial charge in [-0.3, -0.25) is 9.88 Å². The highest BCUT2D eigenvalue weighted by molar-refractivity contribution is 5.89. The van der Waals surface area contributed by atoms with Crippen LogP contribution in [0, 0.1) is 0 Å². The summed E-state index contributed by atoms with van der Waals surface area (Å²) in [7, 11) is 2.14. The van der Waals surface area contributed by atoms with Crippen LogP contribution >= 0.6 is 0 Å². The molecule has 114 valence electrons. The van der Waals surface area contributed by atoms with Gasteiger partial charge in [-0.25, -0.2) is 9.78 Å². The Balaban J connectivity index is 1.79. The third-order valence-corrected chi connectivity index (χ3v) is 4.27. The minimum atomic E-state index is -0.377. The van der Waals surface area contributed by atoms with Crippen LogP contribution in [0.5, 0.6) is 0 Å². The summed E-state index contributed by atoms with van der Waals surface area (Å²) in [5.41, 5.74) is 0.633. The molecule has 0 aliphatic carbocycles. The molecule has 2 aliphatic rings. The fraction of sp³-hybridized carbons (Fsp3) is 0.667. The molecule has 6 heteroatoms. The fourth-order valence-corrected chi connectivity index (χ4v) is 3.08. The number of hydrogen-bond donors (Lipinski definition) is 0. The maximum atomic E-state index is 11.8. The Labute approximate surface area is 125 Å². The Bertz CT molecular complexity index is 529. The molecule has 6 nitrogen and oxygen atoms in total. The maximum absolute atomic E-state index is 11.8. The molecule has 0 radical (unpaired) electrons. The molecule has 0 aromatic carbocycles. The molecule has 1 atom stereocenters. The molecule has 0 saturated carbocycles. The molecule has 21 heavy (non-hydrogen) atoms. The molecule has 3 rings (SSSR count). The van der Waals surface area contributed by atoms with Gasteiger partial charge in [0.1, 0.15) is 6.61 Å². The van der Waals surface area contributed by atoms with Gasteiger partial charge in [0.25, 0.3) is 0 Å². The van der Waals surface area contributed by atoms with Crippen molar-refractivity contribution in [1.29, 1.82) is 0 Å². The molecule has 0 spiro atoms. The lowest BCUT2D eigenvalue weighted by molar-refractivity contribution is 0.175. The van der Waals surface area contributed by atoms with Crippen LogP contribution in [0.15, 0.2) is 12.4 Å². The summed E-state index contributed by atoms with van der Waals surface area (Å²) < 4.78 is 5.11. The molecule has 0 N–H and O–H groups in total. The number of hydrogen-bond acceptors (Lipinski definition) is 5. The van der Waals surface area contributed by atoms with Gasteiger partial charge >= 0.3 is 6.09 Å². The lowest BCUT2D eigenvalue weighted by Crippen LogP contribution is -2.42. The van der Waals surface area contributed by atoms with E-state index >= 15 is 0 Å². The monoisotopic (exact) mass is 290 g/mol. The van der Waals surface area contributed by atoms with Crippen LogP contribution in [0.3, 0.4) is 0 Å². The van der Waals surface area contributed by atoms with Crippen LogP contribution in [-0.2, 0) is 4.74 Å². The van der Waals surface area contributed by atoms with E-state index in [9.17, 15) is 4.79 Å². The van der Waals surface area contributed by atoms with Crippen molar-refractivity contribution in [2.75, 3.05) is 31.6 Å². The topological polar surface area (TPSA) is 58.6 Å². The number of likely N-dealkylation sites (tertiary alicyclic amines) is 1. The smallest absolute Gasteiger partial charge is 0.416 e. The second-order valence-corrected chi connectivity index (χ2v) is 6.60. The molecule has 2 fully saturated rings. The minimum absolute atomic E-state index is 0.348. The van der Waals surface area contributed by atoms with E-state index in [0.717, 1.165) is 25.2 Å². The molecule has 3 heterocycles. The van der Waals surface area contributed by atoms with Crippen molar-refractivity contribution in [1.82, 2.24) is 14.9 Å². The van der Waals surface area contributed by atoms with Crippen LogP contribution < -0.4 is 4.90 Å². The summed E-state index contributed by atoms with van der Waals surface area (Å²) in [6.45, 7) is 6.47. The number of nitrogens with zero attached hydrogens (tertiary/aromatic N) is 4. The lowest BCUT2D eigenvalue weighted by atomic mass is 9.95. The van der Waals surface area contributed by atoms with Crippen LogP contribution in [-0.4, -0.2) is 53.2 Å². The average Bonchev–Trinajstić information content (AvgIpc) is 2.73. The van der Waals surface area contributed by atoms with Crippen molar-refractivity contribution in [3.8, 4) is 0 Å². The number of ether oxygens (including phenoxy) is 1. The summed E-state index contributed by atoms with van der Waals surface area (Å²) in [5, 5.41) is 0. The average molecular weight is 290 g/mol. The summed E-state index contributed by atoms with van der Waals surface area (Å²) in [5.74, 6) is 0.999. The number of cyclic esters (lactones) is 1. The number of rotatable bonds is 2. The highest BCUT2D eigenvalue weighted by atomic mass is 16.6. The normalized spacial score (nSPS) is 26.0. The highest BCUT2D eigenvalue weighted by Gasteiger charge is 2.42. The van der Waals surface area contributed by atoms with Crippen LogP contribution in [0.4, 0.5) is 10.6 Å². The number of anilines is 1. The van der Waals surface area contributed by atoms with E-state index in [-0.39, 0.29) is 11.6 Å². The zero-order valence-electron chi connectivity index (χ0n) is 12.9. The fourth-order valence-electron chi connectivity index (χ4n) is 3.08. The third-order valence-electron chi connectivity index (χ3n) is 4.27. The van der Waals surface area contributed by atoms with Gasteiger partial charge < -0.3 is 9.64 Å². The summed E-state index contributed by atoms with van der Waals surface area (Å²) in [6.07, 6.45) is 5.49. The molecular formula is C15H22N4O2. The SMILES string of the molecule is CN1CCC[C@H](c2cnc(N3C(=O)OCC3(C)C)cn2)C1. The van der Waals surface area contributed by atoms with Gasteiger partial charge in [0.05, 0.1) is 23.6 Å². The third kappa shape index (κ3) is 2.72. The number of likely N-dealkylation sites (N-methyl/N-ethyl adjacent to an activating group) is 1. The second-order valence-electron chi connectivity index (χ2n) is 6.60. The Hall–Kier alpha value is -1.69. The van der Waals surface area contributed by atoms with Crippen LogP contribution in [0.1, 0.15) is 38.3 Å². The van der Waals surface area contributed by atoms with Gasteiger partial charge in [-0.1, -0.05) is 0 Å². The molecule has 0 unspecified atom stereocenters. The quantitative estimate of drug-likeness (QED) is 0.834. The standard InChI is InChI=1S/C15H22N4O2/c1-15(2)10-21-14(20)19(15)13-8-16-12(7-17-13)11-5-4-6-18(3)9-11/h7-8,11H,4-6,9-10H2,1-3H3/t11-/m0/s1. The zero-order valence-corrected chi connectivity index (χ0v) is 12.9. The van der Waals surface area contributed by atoms with Crippen molar-refractivity contribution in [2.45, 2.75) is 38.1 Å². The molecule has 2 aliphatic heterocycles. The molecular weight excluding hydrogens is 268 g/mol. The number of amides is 1. The van der Waals surface area contributed by atoms with Gasteiger partial charge in [0.2, 0.25) is 0 Å². The first-order valence-electron chi connectivity index (χ1n) is 7.45. The molecule has 1 amide bonds. The summed E-state index contributed by atoms with van der Waals surface area (Å²) in [6, 6.07) is 0. The van der Waals surface area contributed by atoms with Gasteiger partial charge in [-0.15, -0.1) is 0 Å². The summed E-state index contributed by atoms with van der Waals surface area (Å²) in [4.78, 5) is 24.7. The van der Waals surface area contributed by atoms with Gasteiger partial charge in [0, 0.05) is 12.5 Å². The van der Waals surface area contributed by atoms with E-state index in [1.807, 2.05) is 13.8 Å². The van der Waals surface area contributed by atoms with E-state index in [4.69, 9.17) is 4.74 Å². The lowest BCUT2D eigenvalue weighted by Gasteiger charge is -2.30. The first-order chi connectivity index (χ1) is 9.97. The largest absolute Gasteiger partial charge is 0.447 e. The Morgan fingerprint density at radius 3 is 2.71 bits per heavy atom. The number of aromatic nitrogens is 2. The molecule has 0 bridgehead atoms. The van der Waals surface area contributed by atoms with E-state index < -0.39 is 0 Å². The van der Waals surface area contributed by atoms with E-state index in [1.165, 1.54) is 6.42 Å². The summed E-state index contributed by atoms with van der Waals surface area (Å²) >= 11 is 0. The van der Waals surface area contributed by atoms with Crippen LogP contribution in [0.25, 0.3) is 0 Å². The van der Waals surface area contributed by atoms with Crippen molar-refractivity contribution in [3.05, 3.63) is 18.1 Å². The van der Waals surface area contributed by atoms with Gasteiger partial charge in [0.15, 0.2) is 5.82 Å². The number of carbonyl (C=O) groups is 1. The highest BCUT2D eigenvalue weighted by Crippen LogP contribution is 2.30. The Kier molecular flexibility index (Phi) is 3.57. The maximum Gasteiger partial charge on any atom is 0.416 e. The predicted octanol–water partition coefficient (Wildman–Crippen LogP) is 2.02. The van der Waals surface area contributed by atoms with Crippen molar-refractivity contribution < 1.29 is 9.53 Å². The van der Waals surface area contributed by atoms with Crippen molar-refractivity contribution in [2.24, 2.45) is 0 Å².